The Balaban J connectivity index is 2.94. The maximum atomic E-state index is 11.5. The number of aryl methyl sites for hydroxylation is 1. The van der Waals surface area contributed by atoms with Crippen molar-refractivity contribution in [2.45, 2.75) is 26.8 Å². The Labute approximate surface area is 86.4 Å². The molecule has 0 fully saturated rings. The molecular formula is C9H12N2O4. The van der Waals surface area contributed by atoms with Gasteiger partial charge < -0.3 is 9.73 Å². The van der Waals surface area contributed by atoms with Crippen LogP contribution in [0.15, 0.2) is 10.5 Å². The molecule has 0 saturated carbocycles. The largest absolute Gasteiger partial charge is 0.434 e. The fourth-order valence-electron chi connectivity index (χ4n) is 1.12. The van der Waals surface area contributed by atoms with Gasteiger partial charge in [-0.2, -0.15) is 0 Å². The second-order valence-corrected chi connectivity index (χ2v) is 3.44. The van der Waals surface area contributed by atoms with Crippen LogP contribution < -0.4 is 5.32 Å². The fourth-order valence-corrected chi connectivity index (χ4v) is 1.12. The molecule has 0 radical (unpaired) electrons. The van der Waals surface area contributed by atoms with E-state index in [1.807, 2.05) is 13.8 Å². The van der Waals surface area contributed by atoms with Crippen molar-refractivity contribution in [3.8, 4) is 0 Å². The lowest BCUT2D eigenvalue weighted by Gasteiger charge is -2.06. The van der Waals surface area contributed by atoms with Crippen molar-refractivity contribution in [3.05, 3.63) is 27.5 Å². The van der Waals surface area contributed by atoms with E-state index >= 15 is 0 Å². The van der Waals surface area contributed by atoms with E-state index < -0.39 is 10.8 Å². The van der Waals surface area contributed by atoms with Crippen LogP contribution in [0.2, 0.25) is 0 Å². The number of hydrogen-bond donors (Lipinski definition) is 1. The lowest BCUT2D eigenvalue weighted by molar-refractivity contribution is -0.402. The van der Waals surface area contributed by atoms with Gasteiger partial charge >= 0.3 is 5.88 Å². The van der Waals surface area contributed by atoms with Crippen molar-refractivity contribution in [2.24, 2.45) is 0 Å². The van der Waals surface area contributed by atoms with Gasteiger partial charge in [0.05, 0.1) is 11.6 Å². The Kier molecular flexibility index (Phi) is 3.08. The molecule has 0 aliphatic rings. The number of hydrogen-bond acceptors (Lipinski definition) is 4. The molecule has 1 heterocycles. The molecule has 0 aromatic carbocycles. The summed E-state index contributed by atoms with van der Waals surface area (Å²) in [6.45, 7) is 5.13. The zero-order chi connectivity index (χ0) is 11.6. The zero-order valence-corrected chi connectivity index (χ0v) is 8.73. The van der Waals surface area contributed by atoms with Gasteiger partial charge in [0, 0.05) is 6.04 Å². The SMILES string of the molecule is Cc1oc([N+](=O)[O-])cc1C(=O)NC(C)C. The monoisotopic (exact) mass is 212 g/mol. The molecule has 82 valence electrons. The Hall–Kier alpha value is -1.85. The minimum atomic E-state index is -0.668. The van der Waals surface area contributed by atoms with E-state index in [1.54, 1.807) is 0 Å². The van der Waals surface area contributed by atoms with Crippen molar-refractivity contribution >= 4 is 11.8 Å². The lowest BCUT2D eigenvalue weighted by Crippen LogP contribution is -2.30. The normalized spacial score (nSPS) is 10.4. The molecule has 1 rings (SSSR count). The topological polar surface area (TPSA) is 85.4 Å². The second-order valence-electron chi connectivity index (χ2n) is 3.44. The summed E-state index contributed by atoms with van der Waals surface area (Å²) in [7, 11) is 0. The Morgan fingerprint density at radius 2 is 2.20 bits per heavy atom. The van der Waals surface area contributed by atoms with Crippen LogP contribution in [-0.4, -0.2) is 16.9 Å². The molecule has 0 spiro atoms. The molecule has 6 nitrogen and oxygen atoms in total. The average Bonchev–Trinajstić information content (AvgIpc) is 2.46. The minimum absolute atomic E-state index is 0.0224. The first-order valence-electron chi connectivity index (χ1n) is 4.47. The van der Waals surface area contributed by atoms with Crippen molar-refractivity contribution in [2.75, 3.05) is 0 Å². The van der Waals surface area contributed by atoms with E-state index in [1.165, 1.54) is 6.92 Å². The molecule has 0 saturated heterocycles. The summed E-state index contributed by atoms with van der Waals surface area (Å²) in [5, 5.41) is 13.0. The first-order valence-corrected chi connectivity index (χ1v) is 4.47. The number of rotatable bonds is 3. The molecule has 0 aliphatic carbocycles. The van der Waals surface area contributed by atoms with Crippen LogP contribution in [-0.2, 0) is 0 Å². The van der Waals surface area contributed by atoms with Gasteiger partial charge in [-0.3, -0.25) is 14.9 Å². The van der Waals surface area contributed by atoms with Gasteiger partial charge in [-0.15, -0.1) is 0 Å². The zero-order valence-electron chi connectivity index (χ0n) is 8.73. The summed E-state index contributed by atoms with van der Waals surface area (Å²) in [6.07, 6.45) is 0. The lowest BCUT2D eigenvalue weighted by atomic mass is 10.2. The van der Waals surface area contributed by atoms with Gasteiger partial charge in [0.2, 0.25) is 0 Å². The molecule has 0 unspecified atom stereocenters. The smallest absolute Gasteiger partial charge is 0.405 e. The van der Waals surface area contributed by atoms with Crippen molar-refractivity contribution < 1.29 is 14.1 Å². The van der Waals surface area contributed by atoms with Crippen LogP contribution >= 0.6 is 0 Å². The van der Waals surface area contributed by atoms with Crippen LogP contribution in [0.5, 0.6) is 0 Å². The quantitative estimate of drug-likeness (QED) is 0.609. The van der Waals surface area contributed by atoms with Gasteiger partial charge in [0.15, 0.2) is 0 Å². The Bertz CT molecular complexity index is 395. The van der Waals surface area contributed by atoms with Gasteiger partial charge in [-0.05, 0) is 20.8 Å². The molecule has 1 aromatic heterocycles. The first-order chi connectivity index (χ1) is 6.91. The molecule has 1 N–H and O–H groups in total. The highest BCUT2D eigenvalue weighted by atomic mass is 16.6. The van der Waals surface area contributed by atoms with Crippen molar-refractivity contribution in [3.63, 3.8) is 0 Å². The fraction of sp³-hybridized carbons (Fsp3) is 0.444. The van der Waals surface area contributed by atoms with Gasteiger partial charge in [-0.1, -0.05) is 0 Å². The number of amides is 1. The molecule has 6 heteroatoms. The summed E-state index contributed by atoms with van der Waals surface area (Å²) >= 11 is 0. The summed E-state index contributed by atoms with van der Waals surface area (Å²) < 4.78 is 4.82. The maximum Gasteiger partial charge on any atom is 0.434 e. The number of furan rings is 1. The van der Waals surface area contributed by atoms with Crippen LogP contribution in [0, 0.1) is 17.0 Å². The number of nitrogens with one attached hydrogen (secondary N) is 1. The predicted octanol–water partition coefficient (Wildman–Crippen LogP) is 1.63. The number of nitro groups is 1. The third-order valence-corrected chi connectivity index (χ3v) is 1.75. The molecule has 0 atom stereocenters. The minimum Gasteiger partial charge on any atom is -0.405 e. The van der Waals surface area contributed by atoms with Gasteiger partial charge in [-0.25, -0.2) is 0 Å². The second kappa shape index (κ2) is 4.12. The summed E-state index contributed by atoms with van der Waals surface area (Å²) in [5.41, 5.74) is 0.204. The van der Waals surface area contributed by atoms with E-state index in [9.17, 15) is 14.9 Å². The van der Waals surface area contributed by atoms with E-state index in [-0.39, 0.29) is 23.3 Å². The first kappa shape index (κ1) is 11.2. The van der Waals surface area contributed by atoms with E-state index in [2.05, 4.69) is 5.32 Å². The number of nitrogens with zero attached hydrogens (tertiary/aromatic N) is 1. The average molecular weight is 212 g/mol. The summed E-state index contributed by atoms with van der Waals surface area (Å²) in [5.74, 6) is -0.527. The van der Waals surface area contributed by atoms with Crippen molar-refractivity contribution in [1.82, 2.24) is 5.32 Å². The van der Waals surface area contributed by atoms with E-state index in [0.717, 1.165) is 6.07 Å². The van der Waals surface area contributed by atoms with Crippen LogP contribution in [0.1, 0.15) is 30.0 Å². The third kappa shape index (κ3) is 2.55. The van der Waals surface area contributed by atoms with Crippen LogP contribution in [0.3, 0.4) is 0 Å². The highest BCUT2D eigenvalue weighted by Crippen LogP contribution is 2.20. The maximum absolute atomic E-state index is 11.5. The third-order valence-electron chi connectivity index (χ3n) is 1.75. The molecule has 0 bridgehead atoms. The van der Waals surface area contributed by atoms with E-state index in [0.29, 0.717) is 0 Å². The molecule has 1 aromatic rings. The predicted molar refractivity (Wildman–Crippen MR) is 52.7 cm³/mol. The Morgan fingerprint density at radius 1 is 1.60 bits per heavy atom. The van der Waals surface area contributed by atoms with Crippen LogP contribution in [0.25, 0.3) is 0 Å². The van der Waals surface area contributed by atoms with E-state index in [4.69, 9.17) is 4.42 Å². The van der Waals surface area contributed by atoms with Gasteiger partial charge in [0.1, 0.15) is 10.7 Å². The number of carbonyl (C=O) groups is 1. The summed E-state index contributed by atoms with van der Waals surface area (Å²) in [6, 6.07) is 1.11. The standard InChI is InChI=1S/C9H12N2O4/c1-5(2)10-9(12)7-4-8(11(13)14)15-6(7)3/h4-5H,1-3H3,(H,10,12). The Morgan fingerprint density at radius 3 is 2.60 bits per heavy atom. The number of carbonyl (C=O) groups excluding carboxylic acids is 1. The molecular weight excluding hydrogens is 200 g/mol. The van der Waals surface area contributed by atoms with Crippen LogP contribution in [0.4, 0.5) is 5.88 Å². The highest BCUT2D eigenvalue weighted by Gasteiger charge is 2.21. The molecule has 15 heavy (non-hydrogen) atoms. The van der Waals surface area contributed by atoms with Gasteiger partial charge in [0.25, 0.3) is 5.91 Å². The highest BCUT2D eigenvalue weighted by molar-refractivity contribution is 5.95. The summed E-state index contributed by atoms with van der Waals surface area (Å²) in [4.78, 5) is 21.2. The van der Waals surface area contributed by atoms with Crippen molar-refractivity contribution in [1.29, 1.82) is 0 Å². The molecule has 1 amide bonds. The molecule has 0 aliphatic heterocycles.